The van der Waals surface area contributed by atoms with E-state index in [1.807, 2.05) is 4.90 Å². The maximum absolute atomic E-state index is 12.5. The fourth-order valence-corrected chi connectivity index (χ4v) is 6.89. The van der Waals surface area contributed by atoms with E-state index >= 15 is 0 Å². The summed E-state index contributed by atoms with van der Waals surface area (Å²) in [7, 11) is 0. The van der Waals surface area contributed by atoms with Crippen LogP contribution in [0.4, 0.5) is 4.79 Å². The number of amides is 3. The van der Waals surface area contributed by atoms with Crippen LogP contribution >= 0.6 is 0 Å². The first kappa shape index (κ1) is 21.4. The number of nitrogens with one attached hydrogen (secondary N) is 2. The van der Waals surface area contributed by atoms with E-state index in [1.54, 1.807) is 0 Å². The molecule has 5 fully saturated rings. The van der Waals surface area contributed by atoms with Gasteiger partial charge < -0.3 is 15.5 Å². The molecule has 0 radical (unpaired) electrons. The molecule has 5 rings (SSSR count). The molecule has 0 aromatic carbocycles. The highest BCUT2D eigenvalue weighted by Crippen LogP contribution is 2.55. The van der Waals surface area contributed by atoms with Gasteiger partial charge in [0.2, 0.25) is 5.91 Å². The predicted molar refractivity (Wildman–Crippen MR) is 114 cm³/mol. The molecule has 30 heavy (non-hydrogen) atoms. The molecule has 7 heteroatoms. The predicted octanol–water partition coefficient (Wildman–Crippen LogP) is 2.34. The molecular weight excluding hydrogens is 378 g/mol. The van der Waals surface area contributed by atoms with Gasteiger partial charge in [-0.25, -0.2) is 4.79 Å². The van der Waals surface area contributed by atoms with Gasteiger partial charge in [-0.05, 0) is 62.2 Å². The molecule has 0 aromatic heterocycles. The standard InChI is InChI=1S/C23H37N5O2/c1-16(2)20(15-24)27-5-7-28(8-6-27)21(29)3-4-25-22(30)26-23-12-17-9-18(13-23)11-19(10-17)14-23/h16-20H,3-14H2,1-2H3,(H2,25,26,30). The molecule has 4 aliphatic carbocycles. The first-order valence-electron chi connectivity index (χ1n) is 11.8. The van der Waals surface area contributed by atoms with Crippen molar-refractivity contribution >= 4 is 11.9 Å². The van der Waals surface area contributed by atoms with Gasteiger partial charge in [0.1, 0.15) is 6.04 Å². The average Bonchev–Trinajstić information content (AvgIpc) is 2.67. The molecule has 5 aliphatic rings. The van der Waals surface area contributed by atoms with Crippen molar-refractivity contribution < 1.29 is 9.59 Å². The number of nitriles is 1. The van der Waals surface area contributed by atoms with Gasteiger partial charge in [-0.2, -0.15) is 5.26 Å². The van der Waals surface area contributed by atoms with Crippen LogP contribution < -0.4 is 10.6 Å². The normalized spacial score (nSPS) is 33.9. The molecule has 2 N–H and O–H groups in total. The number of hydrogen-bond donors (Lipinski definition) is 2. The Balaban J connectivity index is 1.17. The lowest BCUT2D eigenvalue weighted by molar-refractivity contribution is -0.133. The molecule has 1 aliphatic heterocycles. The van der Waals surface area contributed by atoms with E-state index in [1.165, 1.54) is 19.3 Å². The summed E-state index contributed by atoms with van der Waals surface area (Å²) in [4.78, 5) is 29.1. The molecule has 0 aromatic rings. The second-order valence-corrected chi connectivity index (χ2v) is 10.6. The van der Waals surface area contributed by atoms with Crippen LogP contribution in [0.15, 0.2) is 0 Å². The minimum Gasteiger partial charge on any atom is -0.340 e. The quantitative estimate of drug-likeness (QED) is 0.697. The van der Waals surface area contributed by atoms with Gasteiger partial charge in [0.05, 0.1) is 6.07 Å². The van der Waals surface area contributed by atoms with Crippen molar-refractivity contribution in [2.45, 2.75) is 70.4 Å². The van der Waals surface area contributed by atoms with Crippen molar-refractivity contribution in [3.8, 4) is 6.07 Å². The zero-order chi connectivity index (χ0) is 21.3. The lowest BCUT2D eigenvalue weighted by atomic mass is 9.53. The molecule has 1 saturated heterocycles. The van der Waals surface area contributed by atoms with Crippen molar-refractivity contribution in [2.24, 2.45) is 23.7 Å². The SMILES string of the molecule is CC(C)C(C#N)N1CCN(C(=O)CCNC(=O)NC23CC4CC(CC(C4)C2)C3)CC1. The van der Waals surface area contributed by atoms with Gasteiger partial charge in [-0.1, -0.05) is 13.8 Å². The Labute approximate surface area is 180 Å². The van der Waals surface area contributed by atoms with E-state index in [9.17, 15) is 14.9 Å². The Hall–Kier alpha value is -1.81. The Kier molecular flexibility index (Phi) is 6.24. The van der Waals surface area contributed by atoms with Crippen LogP contribution in [0.2, 0.25) is 0 Å². The number of rotatable bonds is 6. The zero-order valence-electron chi connectivity index (χ0n) is 18.5. The van der Waals surface area contributed by atoms with Gasteiger partial charge in [0.15, 0.2) is 0 Å². The Bertz CT molecular complexity index is 657. The van der Waals surface area contributed by atoms with Gasteiger partial charge >= 0.3 is 6.03 Å². The fourth-order valence-electron chi connectivity index (χ4n) is 6.89. The lowest BCUT2D eigenvalue weighted by Gasteiger charge is -2.56. The molecule has 7 nitrogen and oxygen atoms in total. The second-order valence-electron chi connectivity index (χ2n) is 10.6. The molecule has 1 heterocycles. The third kappa shape index (κ3) is 4.59. The Morgan fingerprint density at radius 2 is 1.60 bits per heavy atom. The summed E-state index contributed by atoms with van der Waals surface area (Å²) >= 11 is 0. The number of urea groups is 1. The maximum atomic E-state index is 12.5. The highest BCUT2D eigenvalue weighted by Gasteiger charge is 2.51. The average molecular weight is 416 g/mol. The lowest BCUT2D eigenvalue weighted by Crippen LogP contribution is -2.61. The van der Waals surface area contributed by atoms with Crippen LogP contribution in [0.25, 0.3) is 0 Å². The Morgan fingerprint density at radius 3 is 2.10 bits per heavy atom. The molecule has 4 saturated carbocycles. The molecule has 1 unspecified atom stereocenters. The van der Waals surface area contributed by atoms with Crippen molar-refractivity contribution in [3.05, 3.63) is 0 Å². The van der Waals surface area contributed by atoms with Crippen LogP contribution in [-0.2, 0) is 4.79 Å². The number of carbonyl (C=O) groups is 2. The minimum atomic E-state index is -0.108. The fraction of sp³-hybridized carbons (Fsp3) is 0.870. The highest BCUT2D eigenvalue weighted by molar-refractivity contribution is 5.78. The summed E-state index contributed by atoms with van der Waals surface area (Å²) in [5.41, 5.74) is 0.00681. The molecular formula is C23H37N5O2. The van der Waals surface area contributed by atoms with E-state index in [-0.39, 0.29) is 29.4 Å². The van der Waals surface area contributed by atoms with Crippen molar-refractivity contribution in [2.75, 3.05) is 32.7 Å². The second kappa shape index (κ2) is 8.74. The number of hydrogen-bond acceptors (Lipinski definition) is 4. The first-order chi connectivity index (χ1) is 14.4. The third-order valence-corrected chi connectivity index (χ3v) is 7.87. The van der Waals surface area contributed by atoms with E-state index < -0.39 is 0 Å². The number of carbonyl (C=O) groups excluding carboxylic acids is 2. The van der Waals surface area contributed by atoms with Crippen LogP contribution in [0.5, 0.6) is 0 Å². The van der Waals surface area contributed by atoms with E-state index in [0.29, 0.717) is 26.1 Å². The number of nitrogens with zero attached hydrogens (tertiary/aromatic N) is 3. The van der Waals surface area contributed by atoms with Crippen molar-refractivity contribution in [1.82, 2.24) is 20.4 Å². The van der Waals surface area contributed by atoms with Crippen molar-refractivity contribution in [1.29, 1.82) is 5.26 Å². The molecule has 0 spiro atoms. The van der Waals surface area contributed by atoms with Crippen LogP contribution in [-0.4, -0.2) is 66.0 Å². The topological polar surface area (TPSA) is 88.5 Å². The van der Waals surface area contributed by atoms with E-state index in [0.717, 1.165) is 50.1 Å². The van der Waals surface area contributed by atoms with Crippen LogP contribution in [0.1, 0.15) is 58.8 Å². The summed E-state index contributed by atoms with van der Waals surface area (Å²) in [5, 5.41) is 15.6. The molecule has 4 bridgehead atoms. The molecule has 3 amide bonds. The smallest absolute Gasteiger partial charge is 0.315 e. The van der Waals surface area contributed by atoms with Gasteiger partial charge in [0, 0.05) is 44.7 Å². The third-order valence-electron chi connectivity index (χ3n) is 7.87. The van der Waals surface area contributed by atoms with Crippen LogP contribution in [0, 0.1) is 35.0 Å². The maximum Gasteiger partial charge on any atom is 0.315 e. The van der Waals surface area contributed by atoms with E-state index in [2.05, 4.69) is 35.5 Å². The van der Waals surface area contributed by atoms with E-state index in [4.69, 9.17) is 0 Å². The van der Waals surface area contributed by atoms with Crippen LogP contribution in [0.3, 0.4) is 0 Å². The molecule has 1 atom stereocenters. The summed E-state index contributed by atoms with van der Waals surface area (Å²) in [5.74, 6) is 2.77. The summed E-state index contributed by atoms with van der Waals surface area (Å²) in [6.45, 7) is 7.29. The number of piperazine rings is 1. The largest absolute Gasteiger partial charge is 0.340 e. The van der Waals surface area contributed by atoms with Gasteiger partial charge in [-0.15, -0.1) is 0 Å². The monoisotopic (exact) mass is 415 g/mol. The minimum absolute atomic E-state index is 0.00681. The molecule has 166 valence electrons. The first-order valence-corrected chi connectivity index (χ1v) is 11.8. The zero-order valence-corrected chi connectivity index (χ0v) is 18.5. The summed E-state index contributed by atoms with van der Waals surface area (Å²) in [6, 6.07) is 2.19. The van der Waals surface area contributed by atoms with Gasteiger partial charge in [0.25, 0.3) is 0 Å². The summed E-state index contributed by atoms with van der Waals surface area (Å²) < 4.78 is 0. The highest BCUT2D eigenvalue weighted by atomic mass is 16.2. The van der Waals surface area contributed by atoms with Gasteiger partial charge in [-0.3, -0.25) is 9.69 Å². The van der Waals surface area contributed by atoms with Crippen molar-refractivity contribution in [3.63, 3.8) is 0 Å². The summed E-state index contributed by atoms with van der Waals surface area (Å²) in [6.07, 6.45) is 7.81. The Morgan fingerprint density at radius 1 is 1.03 bits per heavy atom.